The Balaban J connectivity index is 2.50. The monoisotopic (exact) mass is 194 g/mol. The van der Waals surface area contributed by atoms with Crippen LogP contribution in [0, 0.1) is 6.92 Å². The third-order valence-corrected chi connectivity index (χ3v) is 2.34. The van der Waals surface area contributed by atoms with E-state index in [9.17, 15) is 0 Å². The average molecular weight is 194 g/mol. The minimum Gasteiger partial charge on any atom is -0.496 e. The third-order valence-electron chi connectivity index (χ3n) is 2.34. The van der Waals surface area contributed by atoms with Gasteiger partial charge in [-0.15, -0.1) is 0 Å². The summed E-state index contributed by atoms with van der Waals surface area (Å²) in [4.78, 5) is 0. The lowest BCUT2D eigenvalue weighted by Gasteiger charge is -2.12. The molecule has 1 saturated heterocycles. The van der Waals surface area contributed by atoms with Gasteiger partial charge >= 0.3 is 0 Å². The molecular formula is C11H14O3. The molecule has 1 fully saturated rings. The minimum absolute atomic E-state index is 0.153. The first-order chi connectivity index (χ1) is 6.76. The second-order valence-corrected chi connectivity index (χ2v) is 3.41. The third kappa shape index (κ3) is 1.55. The van der Waals surface area contributed by atoms with Gasteiger partial charge in [0.1, 0.15) is 17.6 Å². The molecule has 1 aromatic carbocycles. The molecule has 0 radical (unpaired) electrons. The number of methoxy groups -OCH3 is 2. The second kappa shape index (κ2) is 3.50. The molecule has 0 bridgehead atoms. The highest BCUT2D eigenvalue weighted by Crippen LogP contribution is 2.42. The second-order valence-electron chi connectivity index (χ2n) is 3.41. The standard InChI is InChI=1S/C11H14O3/c1-7-4-8(12-2)11(10-6-14-10)9(5-7)13-3/h4-5,10H,6H2,1-3H3. The van der Waals surface area contributed by atoms with Gasteiger partial charge in [-0.25, -0.2) is 0 Å². The molecule has 1 aromatic rings. The van der Waals surface area contributed by atoms with Gasteiger partial charge < -0.3 is 14.2 Å². The van der Waals surface area contributed by atoms with Gasteiger partial charge in [-0.3, -0.25) is 0 Å². The fraction of sp³-hybridized carbons (Fsp3) is 0.455. The highest BCUT2D eigenvalue weighted by atomic mass is 16.6. The van der Waals surface area contributed by atoms with E-state index in [0.717, 1.165) is 29.2 Å². The molecule has 0 aliphatic carbocycles. The van der Waals surface area contributed by atoms with Crippen molar-refractivity contribution in [3.05, 3.63) is 23.3 Å². The van der Waals surface area contributed by atoms with E-state index in [-0.39, 0.29) is 6.10 Å². The molecule has 0 saturated carbocycles. The molecule has 3 nitrogen and oxygen atoms in total. The number of hydrogen-bond donors (Lipinski definition) is 0. The lowest BCUT2D eigenvalue weighted by Crippen LogP contribution is -1.96. The number of epoxide rings is 1. The molecular weight excluding hydrogens is 180 g/mol. The molecule has 0 spiro atoms. The summed E-state index contributed by atoms with van der Waals surface area (Å²) in [7, 11) is 3.33. The highest BCUT2D eigenvalue weighted by molar-refractivity contribution is 5.50. The van der Waals surface area contributed by atoms with E-state index >= 15 is 0 Å². The smallest absolute Gasteiger partial charge is 0.128 e. The largest absolute Gasteiger partial charge is 0.496 e. The molecule has 2 rings (SSSR count). The van der Waals surface area contributed by atoms with Crippen LogP contribution in [0.3, 0.4) is 0 Å². The summed E-state index contributed by atoms with van der Waals surface area (Å²) in [5.41, 5.74) is 2.16. The zero-order chi connectivity index (χ0) is 10.1. The van der Waals surface area contributed by atoms with Gasteiger partial charge in [0.15, 0.2) is 0 Å². The van der Waals surface area contributed by atoms with Gasteiger partial charge in [-0.05, 0) is 24.6 Å². The summed E-state index contributed by atoms with van der Waals surface area (Å²) in [5.74, 6) is 1.70. The number of benzene rings is 1. The number of aryl methyl sites for hydroxylation is 1. The van der Waals surface area contributed by atoms with Crippen LogP contribution in [-0.2, 0) is 4.74 Å². The van der Waals surface area contributed by atoms with E-state index < -0.39 is 0 Å². The number of ether oxygens (including phenoxy) is 3. The van der Waals surface area contributed by atoms with Crippen LogP contribution in [0.4, 0.5) is 0 Å². The molecule has 0 N–H and O–H groups in total. The van der Waals surface area contributed by atoms with E-state index in [2.05, 4.69) is 0 Å². The maximum Gasteiger partial charge on any atom is 0.128 e. The minimum atomic E-state index is 0.153. The molecule has 76 valence electrons. The molecule has 14 heavy (non-hydrogen) atoms. The Labute approximate surface area is 83.6 Å². The molecule has 3 heteroatoms. The zero-order valence-corrected chi connectivity index (χ0v) is 8.66. The van der Waals surface area contributed by atoms with Crippen LogP contribution in [0.15, 0.2) is 12.1 Å². The Morgan fingerprint density at radius 3 is 2.07 bits per heavy atom. The lowest BCUT2D eigenvalue weighted by molar-refractivity contribution is 0.359. The number of hydrogen-bond acceptors (Lipinski definition) is 3. The molecule has 0 aromatic heterocycles. The van der Waals surface area contributed by atoms with Crippen molar-refractivity contribution in [3.63, 3.8) is 0 Å². The Hall–Kier alpha value is -1.22. The summed E-state index contributed by atoms with van der Waals surface area (Å²) < 4.78 is 15.9. The highest BCUT2D eigenvalue weighted by Gasteiger charge is 2.31. The van der Waals surface area contributed by atoms with E-state index in [0.29, 0.717) is 0 Å². The van der Waals surface area contributed by atoms with E-state index in [1.54, 1.807) is 14.2 Å². The van der Waals surface area contributed by atoms with Gasteiger partial charge in [-0.1, -0.05) is 0 Å². The van der Waals surface area contributed by atoms with Crippen LogP contribution in [0.2, 0.25) is 0 Å². The van der Waals surface area contributed by atoms with Crippen molar-refractivity contribution >= 4 is 0 Å². The van der Waals surface area contributed by atoms with Crippen LogP contribution in [-0.4, -0.2) is 20.8 Å². The van der Waals surface area contributed by atoms with Crippen molar-refractivity contribution < 1.29 is 14.2 Å². The summed E-state index contributed by atoms with van der Waals surface area (Å²) >= 11 is 0. The van der Waals surface area contributed by atoms with Gasteiger partial charge in [0.25, 0.3) is 0 Å². The van der Waals surface area contributed by atoms with Crippen molar-refractivity contribution in [1.82, 2.24) is 0 Å². The van der Waals surface area contributed by atoms with Crippen molar-refractivity contribution in [3.8, 4) is 11.5 Å². The molecule has 1 unspecified atom stereocenters. The van der Waals surface area contributed by atoms with Crippen LogP contribution in [0.1, 0.15) is 17.2 Å². The average Bonchev–Trinajstić information content (AvgIpc) is 2.99. The normalized spacial score (nSPS) is 19.2. The van der Waals surface area contributed by atoms with Crippen molar-refractivity contribution in [1.29, 1.82) is 0 Å². The Morgan fingerprint density at radius 2 is 1.71 bits per heavy atom. The predicted octanol–water partition coefficient (Wildman–Crippen LogP) is 2.08. The quantitative estimate of drug-likeness (QED) is 0.690. The van der Waals surface area contributed by atoms with Crippen molar-refractivity contribution in [2.24, 2.45) is 0 Å². The van der Waals surface area contributed by atoms with Crippen LogP contribution in [0.5, 0.6) is 11.5 Å². The van der Waals surface area contributed by atoms with E-state index in [1.165, 1.54) is 0 Å². The first kappa shape index (κ1) is 9.34. The van der Waals surface area contributed by atoms with Crippen molar-refractivity contribution in [2.75, 3.05) is 20.8 Å². The van der Waals surface area contributed by atoms with Gasteiger partial charge in [0.05, 0.1) is 26.4 Å². The van der Waals surface area contributed by atoms with Crippen LogP contribution >= 0.6 is 0 Å². The Bertz CT molecular complexity index is 317. The van der Waals surface area contributed by atoms with Gasteiger partial charge in [0, 0.05) is 0 Å². The fourth-order valence-electron chi connectivity index (χ4n) is 1.60. The SMILES string of the molecule is COc1cc(C)cc(OC)c1C1CO1. The lowest BCUT2D eigenvalue weighted by atomic mass is 10.1. The summed E-state index contributed by atoms with van der Waals surface area (Å²) in [6, 6.07) is 4.00. The van der Waals surface area contributed by atoms with Crippen LogP contribution in [0.25, 0.3) is 0 Å². The zero-order valence-electron chi connectivity index (χ0n) is 8.66. The summed E-state index contributed by atoms with van der Waals surface area (Å²) in [5, 5.41) is 0. The molecule has 1 heterocycles. The maximum absolute atomic E-state index is 5.31. The summed E-state index contributed by atoms with van der Waals surface area (Å²) in [6.45, 7) is 2.78. The first-order valence-corrected chi connectivity index (χ1v) is 4.60. The van der Waals surface area contributed by atoms with Crippen LogP contribution < -0.4 is 9.47 Å². The summed E-state index contributed by atoms with van der Waals surface area (Å²) in [6.07, 6.45) is 0.153. The first-order valence-electron chi connectivity index (χ1n) is 4.60. The van der Waals surface area contributed by atoms with Crippen molar-refractivity contribution in [2.45, 2.75) is 13.0 Å². The van der Waals surface area contributed by atoms with Gasteiger partial charge in [0.2, 0.25) is 0 Å². The topological polar surface area (TPSA) is 31.0 Å². The fourth-order valence-corrected chi connectivity index (χ4v) is 1.60. The Morgan fingerprint density at radius 1 is 1.21 bits per heavy atom. The molecule has 1 aliphatic rings. The van der Waals surface area contributed by atoms with E-state index in [1.807, 2.05) is 19.1 Å². The van der Waals surface area contributed by atoms with Gasteiger partial charge in [-0.2, -0.15) is 0 Å². The molecule has 1 aliphatic heterocycles. The predicted molar refractivity (Wildman–Crippen MR) is 53.0 cm³/mol. The Kier molecular flexibility index (Phi) is 2.33. The molecule has 0 amide bonds. The van der Waals surface area contributed by atoms with E-state index in [4.69, 9.17) is 14.2 Å². The number of rotatable bonds is 3. The molecule has 1 atom stereocenters. The maximum atomic E-state index is 5.31.